The maximum Gasteiger partial charge on any atom is 0.352 e. The Morgan fingerprint density at radius 2 is 1.97 bits per heavy atom. The summed E-state index contributed by atoms with van der Waals surface area (Å²) >= 11 is 1.36. The van der Waals surface area contributed by atoms with Crippen molar-refractivity contribution < 1.29 is 34.5 Å². The minimum atomic E-state index is -1.14. The highest BCUT2D eigenvalue weighted by Gasteiger charge is 2.42. The molecule has 2 aliphatic rings. The largest absolute Gasteiger partial charge is 0.478 e. The number of anilines is 1. The van der Waals surface area contributed by atoms with Crippen molar-refractivity contribution in [3.8, 4) is 0 Å². The fraction of sp³-hybridized carbons (Fsp3) is 0.455. The van der Waals surface area contributed by atoms with Gasteiger partial charge in [-0.15, -0.1) is 11.8 Å². The van der Waals surface area contributed by atoms with Crippen LogP contribution in [0.4, 0.5) is 5.69 Å². The van der Waals surface area contributed by atoms with E-state index in [1.54, 1.807) is 12.1 Å². The summed E-state index contributed by atoms with van der Waals surface area (Å²) in [7, 11) is 0. The molecule has 3 rings (SSSR count). The number of aldehydes is 1. The van der Waals surface area contributed by atoms with Gasteiger partial charge in [0.15, 0.2) is 0 Å². The van der Waals surface area contributed by atoms with Crippen molar-refractivity contribution in [3.63, 3.8) is 0 Å². The van der Waals surface area contributed by atoms with Crippen molar-refractivity contribution in [1.29, 1.82) is 0 Å². The first-order valence-electron chi connectivity index (χ1n) is 10.5. The summed E-state index contributed by atoms with van der Waals surface area (Å²) in [4.78, 5) is 47.6. The normalized spacial score (nSPS) is 26.4. The van der Waals surface area contributed by atoms with Gasteiger partial charge in [-0.2, -0.15) is 0 Å². The Labute approximate surface area is 194 Å². The molecule has 6 atom stereocenters. The Bertz CT molecular complexity index is 980. The van der Waals surface area contributed by atoms with Crippen molar-refractivity contribution in [3.05, 3.63) is 40.4 Å². The number of benzene rings is 1. The second kappa shape index (κ2) is 10.4. The molecule has 178 valence electrons. The van der Waals surface area contributed by atoms with E-state index in [1.807, 2.05) is 6.92 Å². The average molecular weight is 478 g/mol. The van der Waals surface area contributed by atoms with E-state index in [1.165, 1.54) is 30.8 Å². The zero-order valence-electron chi connectivity index (χ0n) is 18.1. The van der Waals surface area contributed by atoms with E-state index in [0.29, 0.717) is 29.8 Å². The number of carboxylic acid groups (broad SMARTS) is 2. The molecule has 0 saturated carbocycles. The predicted octanol–water partition coefficient (Wildman–Crippen LogP) is 0.887. The quantitative estimate of drug-likeness (QED) is 0.281. The van der Waals surface area contributed by atoms with Crippen LogP contribution in [0.15, 0.2) is 34.9 Å². The van der Waals surface area contributed by atoms with Crippen molar-refractivity contribution in [2.24, 2.45) is 11.8 Å². The number of amides is 1. The van der Waals surface area contributed by atoms with Gasteiger partial charge < -0.3 is 36.1 Å². The van der Waals surface area contributed by atoms with Gasteiger partial charge in [0, 0.05) is 34.3 Å². The zero-order valence-corrected chi connectivity index (χ0v) is 19.0. The third-order valence-corrected chi connectivity index (χ3v) is 7.45. The maximum absolute atomic E-state index is 12.7. The zero-order chi connectivity index (χ0) is 24.3. The van der Waals surface area contributed by atoms with Crippen molar-refractivity contribution in [2.75, 3.05) is 11.9 Å². The smallest absolute Gasteiger partial charge is 0.352 e. The molecular weight excluding hydrogens is 450 g/mol. The van der Waals surface area contributed by atoms with Crippen LogP contribution in [-0.2, 0) is 14.4 Å². The Kier molecular flexibility index (Phi) is 7.77. The van der Waals surface area contributed by atoms with Crippen LogP contribution in [0.1, 0.15) is 30.6 Å². The minimum Gasteiger partial charge on any atom is -0.478 e. The lowest BCUT2D eigenvalue weighted by Gasteiger charge is -2.26. The summed E-state index contributed by atoms with van der Waals surface area (Å²) < 4.78 is 0. The second-order valence-corrected chi connectivity index (χ2v) is 9.61. The number of rotatable bonds is 9. The van der Waals surface area contributed by atoms with E-state index in [9.17, 15) is 29.4 Å². The van der Waals surface area contributed by atoms with Crippen molar-refractivity contribution in [2.45, 2.75) is 43.7 Å². The van der Waals surface area contributed by atoms with E-state index < -0.39 is 36.0 Å². The fourth-order valence-corrected chi connectivity index (χ4v) is 5.60. The number of aliphatic carboxylic acids is 1. The summed E-state index contributed by atoms with van der Waals surface area (Å²) in [5, 5.41) is 37.3. The van der Waals surface area contributed by atoms with E-state index in [4.69, 9.17) is 5.11 Å². The molecule has 0 radical (unpaired) electrons. The molecule has 1 saturated heterocycles. The number of carboxylic acids is 2. The summed E-state index contributed by atoms with van der Waals surface area (Å²) in [6.45, 7) is 3.78. The third kappa shape index (κ3) is 5.55. The lowest BCUT2D eigenvalue weighted by atomic mass is 9.89. The Balaban J connectivity index is 1.65. The second-order valence-electron chi connectivity index (χ2n) is 8.27. The van der Waals surface area contributed by atoms with Crippen LogP contribution in [0.2, 0.25) is 0 Å². The average Bonchev–Trinajstić information content (AvgIpc) is 3.35. The highest BCUT2D eigenvalue weighted by molar-refractivity contribution is 8.03. The molecule has 0 bridgehead atoms. The van der Waals surface area contributed by atoms with Crippen LogP contribution in [0.3, 0.4) is 0 Å². The Morgan fingerprint density at radius 3 is 2.58 bits per heavy atom. The molecule has 1 aromatic carbocycles. The monoisotopic (exact) mass is 477 g/mol. The van der Waals surface area contributed by atoms with Crippen LogP contribution in [0, 0.1) is 11.8 Å². The van der Waals surface area contributed by atoms with Crippen LogP contribution in [0.5, 0.6) is 0 Å². The van der Waals surface area contributed by atoms with Gasteiger partial charge in [0.2, 0.25) is 5.91 Å². The topological polar surface area (TPSA) is 165 Å². The molecule has 0 aromatic heterocycles. The first-order valence-corrected chi connectivity index (χ1v) is 11.4. The number of hydrogen-bond donors (Lipinski definition) is 6. The fourth-order valence-electron chi connectivity index (χ4n) is 4.15. The lowest BCUT2D eigenvalue weighted by molar-refractivity contribution is -0.133. The number of aromatic carboxylic acids is 1. The third-order valence-electron chi connectivity index (χ3n) is 5.93. The summed E-state index contributed by atoms with van der Waals surface area (Å²) in [6.07, 6.45) is 0.154. The van der Waals surface area contributed by atoms with Crippen LogP contribution in [-0.4, -0.2) is 69.4 Å². The predicted molar refractivity (Wildman–Crippen MR) is 122 cm³/mol. The van der Waals surface area contributed by atoms with Crippen LogP contribution < -0.4 is 16.0 Å². The summed E-state index contributed by atoms with van der Waals surface area (Å²) in [5.74, 6) is -3.60. The standard InChI is InChI=1S/C22H27N3O7S/c1-10-17(15(9-26)11(2)27)25-18(22(31)32)19(10)33-14-7-16(23-8-14)20(28)24-13-5-3-4-12(6-13)21(29)30/h3-6,9-11,14-17,23,25,27H,7-8H2,1-2H3,(H,24,28)(H,29,30)(H,31,32)/t10-,11-,14+,15-,16+,17-/m1/s1. The molecular formula is C22H27N3O7S. The van der Waals surface area contributed by atoms with E-state index in [-0.39, 0.29) is 28.3 Å². The van der Waals surface area contributed by atoms with Gasteiger partial charge in [-0.1, -0.05) is 13.0 Å². The number of hydrogen-bond acceptors (Lipinski definition) is 8. The molecule has 0 spiro atoms. The van der Waals surface area contributed by atoms with E-state index in [2.05, 4.69) is 16.0 Å². The molecule has 1 aromatic rings. The van der Waals surface area contributed by atoms with Gasteiger partial charge in [-0.05, 0) is 31.5 Å². The van der Waals surface area contributed by atoms with Gasteiger partial charge >= 0.3 is 11.9 Å². The molecule has 33 heavy (non-hydrogen) atoms. The van der Waals surface area contributed by atoms with Gasteiger partial charge in [0.1, 0.15) is 12.0 Å². The molecule has 6 N–H and O–H groups in total. The first-order chi connectivity index (χ1) is 15.6. The molecule has 2 aliphatic heterocycles. The Hall–Kier alpha value is -2.89. The Morgan fingerprint density at radius 1 is 1.24 bits per heavy atom. The summed E-state index contributed by atoms with van der Waals surface area (Å²) in [6, 6.07) is 4.90. The lowest BCUT2D eigenvalue weighted by Crippen LogP contribution is -2.42. The number of carbonyl (C=O) groups is 4. The first kappa shape index (κ1) is 24.7. The van der Waals surface area contributed by atoms with Gasteiger partial charge in [0.05, 0.1) is 23.6 Å². The number of carbonyl (C=O) groups excluding carboxylic acids is 2. The number of aliphatic hydroxyl groups is 1. The van der Waals surface area contributed by atoms with E-state index in [0.717, 1.165) is 0 Å². The van der Waals surface area contributed by atoms with Crippen molar-refractivity contribution >= 4 is 41.6 Å². The van der Waals surface area contributed by atoms with Crippen LogP contribution in [0.25, 0.3) is 0 Å². The molecule has 11 heteroatoms. The van der Waals surface area contributed by atoms with Crippen molar-refractivity contribution in [1.82, 2.24) is 10.6 Å². The minimum absolute atomic E-state index is 0.0170. The highest BCUT2D eigenvalue weighted by atomic mass is 32.2. The number of aliphatic hydroxyl groups excluding tert-OH is 1. The molecule has 1 amide bonds. The molecule has 1 fully saturated rings. The van der Waals surface area contributed by atoms with E-state index >= 15 is 0 Å². The van der Waals surface area contributed by atoms with Gasteiger partial charge in [-0.25, -0.2) is 9.59 Å². The number of nitrogens with one attached hydrogen (secondary N) is 3. The molecule has 0 unspecified atom stereocenters. The maximum atomic E-state index is 12.7. The van der Waals surface area contributed by atoms with Gasteiger partial charge in [0.25, 0.3) is 0 Å². The molecule has 0 aliphatic carbocycles. The molecule has 10 nitrogen and oxygen atoms in total. The summed E-state index contributed by atoms with van der Waals surface area (Å²) in [5.41, 5.74) is 0.461. The van der Waals surface area contributed by atoms with Gasteiger partial charge in [-0.3, -0.25) is 4.79 Å². The number of thioether (sulfide) groups is 1. The highest BCUT2D eigenvalue weighted by Crippen LogP contribution is 2.41. The van der Waals surface area contributed by atoms with Crippen LogP contribution >= 0.6 is 11.8 Å². The SMILES string of the molecule is C[C@@H](O)[C@@H](C=O)[C@@H]1NC(C(=O)O)=C(S[C@@H]2CN[C@H](C(=O)Nc3cccc(C(=O)O)c3)C2)[C@@H]1C. The molecule has 2 heterocycles.